The Balaban J connectivity index is 2.55. The number of nitrogens with zero attached hydrogens (tertiary/aromatic N) is 1. The number of aliphatic hydroxyl groups is 2. The van der Waals surface area contributed by atoms with E-state index in [1.54, 1.807) is 11.6 Å². The van der Waals surface area contributed by atoms with E-state index in [1.807, 2.05) is 24.3 Å². The van der Waals surface area contributed by atoms with Gasteiger partial charge in [0.15, 0.2) is 5.76 Å². The highest BCUT2D eigenvalue weighted by Gasteiger charge is 2.35. The third kappa shape index (κ3) is 0.821. The second-order valence-corrected chi connectivity index (χ2v) is 3.83. The van der Waals surface area contributed by atoms with Crippen LogP contribution in [0.4, 0.5) is 0 Å². The van der Waals surface area contributed by atoms with Crippen LogP contribution >= 0.6 is 0 Å². The lowest BCUT2D eigenvalue weighted by Gasteiger charge is -1.99. The minimum atomic E-state index is -0.564. The molecule has 4 heteroatoms. The van der Waals surface area contributed by atoms with E-state index in [4.69, 9.17) is 0 Å². The van der Waals surface area contributed by atoms with Crippen LogP contribution in [0.5, 0.6) is 0 Å². The summed E-state index contributed by atoms with van der Waals surface area (Å²) in [6, 6.07) is 7.37. The maximum absolute atomic E-state index is 11.7. The molecule has 4 nitrogen and oxygen atoms in total. The molecule has 0 atom stereocenters. The van der Waals surface area contributed by atoms with Gasteiger partial charge in [0.1, 0.15) is 5.69 Å². The topological polar surface area (TPSA) is 62.5 Å². The van der Waals surface area contributed by atoms with Crippen LogP contribution in [-0.4, -0.2) is 20.6 Å². The van der Waals surface area contributed by atoms with Crippen molar-refractivity contribution in [2.45, 2.75) is 0 Å². The molecule has 0 spiro atoms. The first-order chi connectivity index (χ1) is 7.63. The Morgan fingerprint density at radius 2 is 1.81 bits per heavy atom. The number of hydrogen-bond donors (Lipinski definition) is 2. The third-order valence-electron chi connectivity index (χ3n) is 3.00. The smallest absolute Gasteiger partial charge is 0.248 e. The molecule has 1 aromatic heterocycles. The fraction of sp³-hybridized carbons (Fsp3) is 0.0833. The fourth-order valence-electron chi connectivity index (χ4n) is 2.24. The van der Waals surface area contributed by atoms with Crippen molar-refractivity contribution in [3.8, 4) is 0 Å². The first kappa shape index (κ1) is 9.03. The number of para-hydroxylation sites is 1. The van der Waals surface area contributed by atoms with Crippen LogP contribution in [0.2, 0.25) is 0 Å². The first-order valence-corrected chi connectivity index (χ1v) is 4.87. The van der Waals surface area contributed by atoms with Crippen molar-refractivity contribution in [2.75, 3.05) is 0 Å². The molecule has 1 aromatic carbocycles. The maximum atomic E-state index is 11.7. The second kappa shape index (κ2) is 2.66. The van der Waals surface area contributed by atoms with E-state index in [-0.39, 0.29) is 5.76 Å². The van der Waals surface area contributed by atoms with Gasteiger partial charge in [0.2, 0.25) is 11.5 Å². The third-order valence-corrected chi connectivity index (χ3v) is 3.00. The first-order valence-electron chi connectivity index (χ1n) is 4.87. The van der Waals surface area contributed by atoms with E-state index in [0.29, 0.717) is 11.3 Å². The number of carbonyl (C=O) groups is 1. The van der Waals surface area contributed by atoms with Crippen LogP contribution in [0.25, 0.3) is 16.7 Å². The number of fused-ring (bicyclic) bond motifs is 3. The van der Waals surface area contributed by atoms with Crippen LogP contribution in [-0.2, 0) is 7.05 Å². The summed E-state index contributed by atoms with van der Waals surface area (Å²) >= 11 is 0. The highest BCUT2D eigenvalue weighted by atomic mass is 16.3. The van der Waals surface area contributed by atoms with E-state index in [0.717, 1.165) is 10.9 Å². The van der Waals surface area contributed by atoms with Crippen LogP contribution < -0.4 is 0 Å². The van der Waals surface area contributed by atoms with Gasteiger partial charge in [-0.15, -0.1) is 0 Å². The number of aryl methyl sites for hydroxylation is 1. The minimum Gasteiger partial charge on any atom is -0.504 e. The van der Waals surface area contributed by atoms with Crippen LogP contribution in [0.1, 0.15) is 16.1 Å². The van der Waals surface area contributed by atoms with Gasteiger partial charge >= 0.3 is 0 Å². The van der Waals surface area contributed by atoms with Crippen molar-refractivity contribution in [2.24, 2.45) is 7.05 Å². The summed E-state index contributed by atoms with van der Waals surface area (Å²) in [5, 5.41) is 19.9. The molecule has 2 aromatic rings. The number of ketones is 1. The molecule has 1 heterocycles. The molecule has 0 saturated heterocycles. The summed E-state index contributed by atoms with van der Waals surface area (Å²) in [7, 11) is 1.74. The summed E-state index contributed by atoms with van der Waals surface area (Å²) in [6.45, 7) is 0. The molecule has 3 rings (SSSR count). The number of hydrogen-bond acceptors (Lipinski definition) is 3. The van der Waals surface area contributed by atoms with E-state index in [2.05, 4.69) is 0 Å². The Morgan fingerprint density at radius 3 is 2.56 bits per heavy atom. The lowest BCUT2D eigenvalue weighted by atomic mass is 10.1. The highest BCUT2D eigenvalue weighted by molar-refractivity contribution is 6.21. The lowest BCUT2D eigenvalue weighted by Crippen LogP contribution is -2.04. The zero-order valence-electron chi connectivity index (χ0n) is 8.56. The Kier molecular flexibility index (Phi) is 1.50. The summed E-state index contributed by atoms with van der Waals surface area (Å²) in [6.07, 6.45) is 0. The Morgan fingerprint density at radius 1 is 1.12 bits per heavy atom. The van der Waals surface area contributed by atoms with E-state index in [1.165, 1.54) is 0 Å². The average Bonchev–Trinajstić information content (AvgIpc) is 2.71. The van der Waals surface area contributed by atoms with Crippen LogP contribution in [0.15, 0.2) is 30.0 Å². The Hall–Kier alpha value is -2.23. The number of rotatable bonds is 0. The molecule has 0 unspecified atom stereocenters. The quantitative estimate of drug-likeness (QED) is 0.707. The number of aromatic nitrogens is 1. The molecule has 2 N–H and O–H groups in total. The molecule has 16 heavy (non-hydrogen) atoms. The molecule has 1 aliphatic carbocycles. The second-order valence-electron chi connectivity index (χ2n) is 3.83. The minimum absolute atomic E-state index is 0.322. The van der Waals surface area contributed by atoms with Gasteiger partial charge in [-0.05, 0) is 6.07 Å². The van der Waals surface area contributed by atoms with Crippen molar-refractivity contribution in [1.82, 2.24) is 4.57 Å². The number of carbonyl (C=O) groups excluding carboxylic acids is 1. The standard InChI is InChI=1S/C12H9NO3/c1-13-7-5-3-2-4-6(7)8-9(13)11(15)12(16)10(8)14/h2-5H,1H3,(H2,14,15,16). The van der Waals surface area contributed by atoms with Gasteiger partial charge in [0.25, 0.3) is 0 Å². The van der Waals surface area contributed by atoms with Gasteiger partial charge in [-0.2, -0.15) is 0 Å². The summed E-state index contributed by atoms with van der Waals surface area (Å²) in [4.78, 5) is 11.7. The van der Waals surface area contributed by atoms with Crippen molar-refractivity contribution in [3.63, 3.8) is 0 Å². The molecule has 0 aliphatic heterocycles. The summed E-state index contributed by atoms with van der Waals surface area (Å²) in [5.41, 5.74) is 1.64. The van der Waals surface area contributed by atoms with Crippen molar-refractivity contribution in [1.29, 1.82) is 0 Å². The van der Waals surface area contributed by atoms with E-state index < -0.39 is 11.5 Å². The van der Waals surface area contributed by atoms with Crippen LogP contribution in [0.3, 0.4) is 0 Å². The van der Waals surface area contributed by atoms with Gasteiger partial charge in [-0.3, -0.25) is 4.79 Å². The molecular weight excluding hydrogens is 206 g/mol. The molecule has 0 fully saturated rings. The average molecular weight is 215 g/mol. The Bertz CT molecular complexity index is 664. The number of Topliss-reactive ketones (excluding diaryl/α,β-unsaturated/α-hetero) is 1. The largest absolute Gasteiger partial charge is 0.504 e. The number of allylic oxidation sites excluding steroid dienone is 1. The molecule has 1 aliphatic rings. The summed E-state index contributed by atoms with van der Waals surface area (Å²) < 4.78 is 1.69. The van der Waals surface area contributed by atoms with E-state index >= 15 is 0 Å². The predicted molar refractivity (Wildman–Crippen MR) is 59.4 cm³/mol. The van der Waals surface area contributed by atoms with Crippen molar-refractivity contribution < 1.29 is 15.0 Å². The van der Waals surface area contributed by atoms with Gasteiger partial charge in [-0.25, -0.2) is 0 Å². The van der Waals surface area contributed by atoms with Crippen molar-refractivity contribution in [3.05, 3.63) is 41.3 Å². The normalized spacial score (nSPS) is 14.9. The zero-order chi connectivity index (χ0) is 11.4. The molecule has 0 amide bonds. The SMILES string of the molecule is Cn1c2c(c3ccccc31)C(O)=C(O)C2=O. The van der Waals surface area contributed by atoms with Crippen LogP contribution in [0, 0.1) is 0 Å². The molecular formula is C12H9NO3. The van der Waals surface area contributed by atoms with Gasteiger partial charge in [-0.1, -0.05) is 18.2 Å². The molecule has 0 bridgehead atoms. The number of benzene rings is 1. The predicted octanol–water partition coefficient (Wildman–Crippen LogP) is 2.16. The van der Waals surface area contributed by atoms with E-state index in [9.17, 15) is 15.0 Å². The van der Waals surface area contributed by atoms with Crippen molar-refractivity contribution >= 4 is 22.4 Å². The molecule has 80 valence electrons. The molecule has 0 radical (unpaired) electrons. The lowest BCUT2D eigenvalue weighted by molar-refractivity contribution is 0.0975. The van der Waals surface area contributed by atoms with Gasteiger partial charge < -0.3 is 14.8 Å². The Labute approximate surface area is 91.0 Å². The maximum Gasteiger partial charge on any atom is 0.248 e. The zero-order valence-corrected chi connectivity index (χ0v) is 8.56. The fourth-order valence-corrected chi connectivity index (χ4v) is 2.24. The highest BCUT2D eigenvalue weighted by Crippen LogP contribution is 2.37. The van der Waals surface area contributed by atoms with Gasteiger partial charge in [0, 0.05) is 18.0 Å². The monoisotopic (exact) mass is 215 g/mol. The van der Waals surface area contributed by atoms with Gasteiger partial charge in [0.05, 0.1) is 5.56 Å². The number of aliphatic hydroxyl groups excluding tert-OH is 2. The summed E-state index contributed by atoms with van der Waals surface area (Å²) in [5.74, 6) is -1.41. The molecule has 0 saturated carbocycles.